The first kappa shape index (κ1) is 22.0. The fourth-order valence-corrected chi connectivity index (χ4v) is 4.46. The van der Waals surface area contributed by atoms with Gasteiger partial charge in [0.2, 0.25) is 0 Å². The average Bonchev–Trinajstić information content (AvgIpc) is 2.86. The van der Waals surface area contributed by atoms with E-state index < -0.39 is 0 Å². The Morgan fingerprint density at radius 2 is 1.74 bits per heavy atom. The number of nitrogens with zero attached hydrogens (tertiary/aromatic N) is 2. The summed E-state index contributed by atoms with van der Waals surface area (Å²) in [5.41, 5.74) is 4.20. The zero-order chi connectivity index (χ0) is 23.5. The van der Waals surface area contributed by atoms with Gasteiger partial charge in [-0.25, -0.2) is 0 Å². The van der Waals surface area contributed by atoms with E-state index in [-0.39, 0.29) is 11.2 Å². The topological polar surface area (TPSA) is 66.2 Å². The summed E-state index contributed by atoms with van der Waals surface area (Å²) in [6, 6.07) is 20.4. The van der Waals surface area contributed by atoms with Gasteiger partial charge in [0.25, 0.3) is 0 Å². The number of rotatable bonds is 6. The lowest BCUT2D eigenvalue weighted by Crippen LogP contribution is -2.47. The molecule has 0 spiro atoms. The summed E-state index contributed by atoms with van der Waals surface area (Å²) in [5.74, 6) is 0.843. The van der Waals surface area contributed by atoms with Gasteiger partial charge < -0.3 is 19.2 Å². The molecule has 34 heavy (non-hydrogen) atoms. The first-order valence-electron chi connectivity index (χ1n) is 11.6. The quantitative estimate of drug-likeness (QED) is 0.455. The summed E-state index contributed by atoms with van der Waals surface area (Å²) < 4.78 is 11.7. The first-order valence-corrected chi connectivity index (χ1v) is 11.6. The maximum atomic E-state index is 12.9. The minimum Gasteiger partial charge on any atom is -0.508 e. The zero-order valence-corrected chi connectivity index (χ0v) is 19.2. The second-order valence-corrected chi connectivity index (χ2v) is 8.65. The van der Waals surface area contributed by atoms with Crippen LogP contribution in [0.25, 0.3) is 22.1 Å². The van der Waals surface area contributed by atoms with Crippen LogP contribution in [0.3, 0.4) is 0 Å². The largest absolute Gasteiger partial charge is 0.508 e. The molecular weight excluding hydrogens is 428 g/mol. The highest BCUT2D eigenvalue weighted by molar-refractivity contribution is 5.82. The van der Waals surface area contributed by atoms with Gasteiger partial charge >= 0.3 is 0 Å². The lowest BCUT2D eigenvalue weighted by Gasteiger charge is -2.36. The van der Waals surface area contributed by atoms with Crippen molar-refractivity contribution in [2.45, 2.75) is 6.92 Å². The summed E-state index contributed by atoms with van der Waals surface area (Å²) in [6.45, 7) is 7.61. The summed E-state index contributed by atoms with van der Waals surface area (Å²) in [4.78, 5) is 17.8. The second kappa shape index (κ2) is 9.61. The van der Waals surface area contributed by atoms with Crippen LogP contribution >= 0.6 is 0 Å². The highest BCUT2D eigenvalue weighted by Gasteiger charge is 2.18. The molecule has 0 amide bonds. The van der Waals surface area contributed by atoms with Gasteiger partial charge in [-0.3, -0.25) is 9.69 Å². The fourth-order valence-electron chi connectivity index (χ4n) is 4.46. The SMILES string of the molecule is Cc1ccccc1N1CCN(CCOc2ccc3c(=O)c(-c4ccc(O)cc4)coc3c2)CC1. The smallest absolute Gasteiger partial charge is 0.200 e. The van der Waals surface area contributed by atoms with Crippen molar-refractivity contribution < 1.29 is 14.3 Å². The van der Waals surface area contributed by atoms with E-state index in [0.29, 0.717) is 34.5 Å². The Morgan fingerprint density at radius 3 is 2.50 bits per heavy atom. The van der Waals surface area contributed by atoms with Crippen molar-refractivity contribution in [1.29, 1.82) is 0 Å². The number of para-hydroxylation sites is 1. The van der Waals surface area contributed by atoms with Crippen LogP contribution in [0.1, 0.15) is 5.56 Å². The van der Waals surface area contributed by atoms with Crippen LogP contribution < -0.4 is 15.1 Å². The molecule has 174 valence electrons. The molecule has 1 aliphatic rings. The molecule has 2 heterocycles. The number of anilines is 1. The summed E-state index contributed by atoms with van der Waals surface area (Å²) in [6.07, 6.45) is 1.47. The van der Waals surface area contributed by atoms with Crippen LogP contribution in [0.2, 0.25) is 0 Å². The van der Waals surface area contributed by atoms with Crippen LogP contribution in [0.4, 0.5) is 5.69 Å². The van der Waals surface area contributed by atoms with Crippen molar-refractivity contribution in [1.82, 2.24) is 4.90 Å². The number of aryl methyl sites for hydroxylation is 1. The lowest BCUT2D eigenvalue weighted by molar-refractivity contribution is 0.200. The van der Waals surface area contributed by atoms with Crippen LogP contribution in [0.15, 0.2) is 82.2 Å². The van der Waals surface area contributed by atoms with Crippen LogP contribution in [-0.4, -0.2) is 49.3 Å². The molecule has 6 heteroatoms. The molecule has 1 aromatic heterocycles. The van der Waals surface area contributed by atoms with E-state index >= 15 is 0 Å². The van der Waals surface area contributed by atoms with E-state index in [9.17, 15) is 9.90 Å². The number of piperazine rings is 1. The highest BCUT2D eigenvalue weighted by atomic mass is 16.5. The first-order chi connectivity index (χ1) is 16.6. The monoisotopic (exact) mass is 456 g/mol. The van der Waals surface area contributed by atoms with Crippen molar-refractivity contribution in [3.05, 3.63) is 88.8 Å². The Bertz CT molecular complexity index is 1340. The predicted octanol–water partition coefficient (Wildman–Crippen LogP) is 4.68. The molecule has 0 saturated carbocycles. The molecule has 1 saturated heterocycles. The molecular formula is C28H28N2O4. The maximum absolute atomic E-state index is 12.9. The normalized spacial score (nSPS) is 14.4. The molecule has 1 aliphatic heterocycles. The van der Waals surface area contributed by atoms with Gasteiger partial charge in [0, 0.05) is 44.5 Å². The van der Waals surface area contributed by atoms with Crippen molar-refractivity contribution in [2.75, 3.05) is 44.2 Å². The molecule has 0 radical (unpaired) electrons. The van der Waals surface area contributed by atoms with Crippen LogP contribution in [0.5, 0.6) is 11.5 Å². The van der Waals surface area contributed by atoms with Gasteiger partial charge in [0.1, 0.15) is 30.0 Å². The van der Waals surface area contributed by atoms with Crippen molar-refractivity contribution >= 4 is 16.7 Å². The molecule has 1 fully saturated rings. The minimum atomic E-state index is -0.106. The number of fused-ring (bicyclic) bond motifs is 1. The average molecular weight is 457 g/mol. The number of phenolic OH excluding ortho intramolecular Hbond substituents is 1. The van der Waals surface area contributed by atoms with E-state index in [1.807, 2.05) is 6.07 Å². The van der Waals surface area contributed by atoms with E-state index in [0.717, 1.165) is 32.7 Å². The maximum Gasteiger partial charge on any atom is 0.200 e. The Kier molecular flexibility index (Phi) is 6.23. The third-order valence-corrected chi connectivity index (χ3v) is 6.43. The highest BCUT2D eigenvalue weighted by Crippen LogP contribution is 2.25. The van der Waals surface area contributed by atoms with Gasteiger partial charge in [-0.05, 0) is 48.4 Å². The third kappa shape index (κ3) is 4.63. The Hall–Kier alpha value is -3.77. The molecule has 4 aromatic rings. The van der Waals surface area contributed by atoms with Gasteiger partial charge in [-0.1, -0.05) is 30.3 Å². The lowest BCUT2D eigenvalue weighted by atomic mass is 10.1. The minimum absolute atomic E-state index is 0.106. The van der Waals surface area contributed by atoms with Gasteiger partial charge in [0.05, 0.1) is 10.9 Å². The zero-order valence-electron chi connectivity index (χ0n) is 19.2. The number of aromatic hydroxyl groups is 1. The van der Waals surface area contributed by atoms with E-state index in [4.69, 9.17) is 9.15 Å². The molecule has 3 aromatic carbocycles. The van der Waals surface area contributed by atoms with Crippen LogP contribution in [-0.2, 0) is 0 Å². The molecule has 5 rings (SSSR count). The molecule has 0 bridgehead atoms. The number of phenols is 1. The molecule has 0 atom stereocenters. The van der Waals surface area contributed by atoms with Crippen molar-refractivity contribution in [2.24, 2.45) is 0 Å². The molecule has 6 nitrogen and oxygen atoms in total. The predicted molar refractivity (Wildman–Crippen MR) is 135 cm³/mol. The van der Waals surface area contributed by atoms with E-state index in [2.05, 4.69) is 41.0 Å². The van der Waals surface area contributed by atoms with Gasteiger partial charge in [-0.15, -0.1) is 0 Å². The molecule has 1 N–H and O–H groups in total. The Balaban J connectivity index is 1.18. The number of ether oxygens (including phenoxy) is 1. The number of hydrogen-bond donors (Lipinski definition) is 1. The van der Waals surface area contributed by atoms with E-state index in [1.165, 1.54) is 17.5 Å². The molecule has 0 unspecified atom stereocenters. The van der Waals surface area contributed by atoms with Crippen molar-refractivity contribution in [3.63, 3.8) is 0 Å². The number of benzene rings is 3. The summed E-state index contributed by atoms with van der Waals surface area (Å²) in [5, 5.41) is 9.98. The van der Waals surface area contributed by atoms with Crippen molar-refractivity contribution in [3.8, 4) is 22.6 Å². The Morgan fingerprint density at radius 1 is 0.971 bits per heavy atom. The number of hydrogen-bond acceptors (Lipinski definition) is 6. The van der Waals surface area contributed by atoms with Gasteiger partial charge in [0.15, 0.2) is 5.43 Å². The standard InChI is InChI=1S/C28H28N2O4/c1-20-4-2-3-5-26(20)30-14-12-29(13-15-30)16-17-33-23-10-11-24-27(18-23)34-19-25(28(24)32)21-6-8-22(31)9-7-21/h2-11,18-19,31H,12-17H2,1H3. The Labute approximate surface area is 198 Å². The third-order valence-electron chi connectivity index (χ3n) is 6.43. The molecule has 0 aliphatic carbocycles. The van der Waals surface area contributed by atoms with Gasteiger partial charge in [-0.2, -0.15) is 0 Å². The second-order valence-electron chi connectivity index (χ2n) is 8.65. The fraction of sp³-hybridized carbons (Fsp3) is 0.250. The van der Waals surface area contributed by atoms with E-state index in [1.54, 1.807) is 36.4 Å². The summed E-state index contributed by atoms with van der Waals surface area (Å²) in [7, 11) is 0. The summed E-state index contributed by atoms with van der Waals surface area (Å²) >= 11 is 0. The van der Waals surface area contributed by atoms with Crippen LogP contribution in [0, 0.1) is 6.92 Å².